The van der Waals surface area contributed by atoms with E-state index in [1.54, 1.807) is 10.3 Å². The summed E-state index contributed by atoms with van der Waals surface area (Å²) in [6.45, 7) is 6.80. The van der Waals surface area contributed by atoms with Crippen molar-refractivity contribution in [1.29, 1.82) is 0 Å². The lowest BCUT2D eigenvalue weighted by molar-refractivity contribution is -0.119. The molecule has 0 aromatic carbocycles. The van der Waals surface area contributed by atoms with Crippen LogP contribution in [0.3, 0.4) is 0 Å². The first kappa shape index (κ1) is 18.4. The molecule has 2 heterocycles. The second-order valence-electron chi connectivity index (χ2n) is 6.09. The van der Waals surface area contributed by atoms with Crippen LogP contribution in [0.25, 0.3) is 0 Å². The van der Waals surface area contributed by atoms with Gasteiger partial charge in [0.1, 0.15) is 11.7 Å². The molecule has 1 aliphatic rings. The number of carbonyl (C=O) groups is 3. The van der Waals surface area contributed by atoms with Crippen molar-refractivity contribution in [2.75, 3.05) is 18.4 Å². The number of anilines is 1. The van der Waals surface area contributed by atoms with Gasteiger partial charge in [0, 0.05) is 25.4 Å². The topological polar surface area (TPSA) is 91.4 Å². The quantitative estimate of drug-likeness (QED) is 0.770. The average molecular weight is 352 g/mol. The third kappa shape index (κ3) is 4.53. The zero-order chi connectivity index (χ0) is 17.7. The van der Waals surface area contributed by atoms with Crippen molar-refractivity contribution in [2.24, 2.45) is 5.92 Å². The predicted molar refractivity (Wildman–Crippen MR) is 93.3 cm³/mol. The third-order valence-electron chi connectivity index (χ3n) is 4.26. The molecule has 0 saturated carbocycles. The molecule has 8 heteroatoms. The summed E-state index contributed by atoms with van der Waals surface area (Å²) in [6, 6.07) is -0.829. The van der Waals surface area contributed by atoms with Crippen LogP contribution in [-0.2, 0) is 4.79 Å². The molecule has 1 saturated heterocycles. The Bertz CT molecular complexity index is 610. The predicted octanol–water partition coefficient (Wildman–Crippen LogP) is 2.50. The van der Waals surface area contributed by atoms with E-state index >= 15 is 0 Å². The van der Waals surface area contributed by atoms with Gasteiger partial charge in [0.15, 0.2) is 10.9 Å². The highest BCUT2D eigenvalue weighted by Crippen LogP contribution is 2.18. The van der Waals surface area contributed by atoms with E-state index in [1.807, 2.05) is 13.8 Å². The maximum absolute atomic E-state index is 12.6. The number of likely N-dealkylation sites (tertiary alicyclic amines) is 1. The largest absolute Gasteiger partial charge is 0.326 e. The van der Waals surface area contributed by atoms with E-state index in [9.17, 15) is 14.4 Å². The third-order valence-corrected chi connectivity index (χ3v) is 5.02. The monoisotopic (exact) mass is 352 g/mol. The number of Topliss-reactive ketones (excluding diaryl/α,β-unsaturated/α-hetero) is 1. The van der Waals surface area contributed by atoms with E-state index in [0.29, 0.717) is 10.8 Å². The maximum Gasteiger partial charge on any atom is 0.318 e. The molecule has 7 nitrogen and oxygen atoms in total. The number of thiazole rings is 1. The molecule has 0 bridgehead atoms. The summed E-state index contributed by atoms with van der Waals surface area (Å²) in [7, 11) is 0. The van der Waals surface area contributed by atoms with E-state index in [1.165, 1.54) is 18.3 Å². The molecule has 1 aromatic heterocycles. The first-order valence-electron chi connectivity index (χ1n) is 8.25. The van der Waals surface area contributed by atoms with Gasteiger partial charge < -0.3 is 15.5 Å². The minimum atomic E-state index is -0.632. The average Bonchev–Trinajstić information content (AvgIpc) is 3.22. The van der Waals surface area contributed by atoms with Crippen LogP contribution >= 0.6 is 11.3 Å². The first-order valence-corrected chi connectivity index (χ1v) is 9.13. The van der Waals surface area contributed by atoms with Gasteiger partial charge >= 0.3 is 6.03 Å². The fraction of sp³-hybridized carbons (Fsp3) is 0.625. The molecule has 1 unspecified atom stereocenters. The lowest BCUT2D eigenvalue weighted by Crippen LogP contribution is -2.51. The maximum atomic E-state index is 12.6. The van der Waals surface area contributed by atoms with Crippen molar-refractivity contribution >= 4 is 34.2 Å². The summed E-state index contributed by atoms with van der Waals surface area (Å²) in [5.74, 6) is -0.460. The van der Waals surface area contributed by atoms with E-state index in [0.717, 1.165) is 32.4 Å². The van der Waals surface area contributed by atoms with E-state index < -0.39 is 6.04 Å². The number of hydrogen-bond acceptors (Lipinski definition) is 5. The zero-order valence-electron chi connectivity index (χ0n) is 14.3. The Morgan fingerprint density at radius 3 is 2.54 bits per heavy atom. The Kier molecular flexibility index (Phi) is 6.30. The van der Waals surface area contributed by atoms with Gasteiger partial charge in [-0.25, -0.2) is 9.78 Å². The highest BCUT2D eigenvalue weighted by Gasteiger charge is 2.29. The Labute approximate surface area is 145 Å². The Morgan fingerprint density at radius 1 is 1.33 bits per heavy atom. The van der Waals surface area contributed by atoms with Gasteiger partial charge in [0.2, 0.25) is 5.91 Å². The molecule has 1 aromatic rings. The smallest absolute Gasteiger partial charge is 0.318 e. The van der Waals surface area contributed by atoms with Crippen LogP contribution in [0.15, 0.2) is 5.38 Å². The standard InChI is InChI=1S/C16H24N4O3S/c1-4-10(2)13(18-16(23)20-7-5-6-8-20)14(22)19-15-17-12(9-24-15)11(3)21/h9-10,13H,4-8H2,1-3H3,(H,18,23)(H,17,19,22)/t10?,13-/m0/s1. The van der Waals surface area contributed by atoms with Gasteiger partial charge in [-0.05, 0) is 18.8 Å². The van der Waals surface area contributed by atoms with E-state index in [-0.39, 0.29) is 23.6 Å². The van der Waals surface area contributed by atoms with Crippen molar-refractivity contribution in [3.05, 3.63) is 11.1 Å². The zero-order valence-corrected chi connectivity index (χ0v) is 15.1. The summed E-state index contributed by atoms with van der Waals surface area (Å²) in [6.07, 6.45) is 2.76. The number of ketones is 1. The molecule has 2 atom stereocenters. The van der Waals surface area contributed by atoms with Crippen LogP contribution < -0.4 is 10.6 Å². The number of urea groups is 1. The van der Waals surface area contributed by atoms with Gasteiger partial charge in [-0.2, -0.15) is 0 Å². The SMILES string of the molecule is CCC(C)[C@H](NC(=O)N1CCCC1)C(=O)Nc1nc(C(C)=O)cs1. The summed E-state index contributed by atoms with van der Waals surface area (Å²) < 4.78 is 0. The van der Waals surface area contributed by atoms with Crippen LogP contribution in [0.4, 0.5) is 9.93 Å². The molecule has 2 N–H and O–H groups in total. The number of hydrogen-bond donors (Lipinski definition) is 2. The fourth-order valence-corrected chi connectivity index (χ4v) is 3.27. The highest BCUT2D eigenvalue weighted by atomic mass is 32.1. The molecular formula is C16H24N4O3S. The Morgan fingerprint density at radius 2 is 2.00 bits per heavy atom. The molecule has 132 valence electrons. The van der Waals surface area contributed by atoms with Crippen LogP contribution in [0, 0.1) is 5.92 Å². The minimum absolute atomic E-state index is 0.0104. The van der Waals surface area contributed by atoms with Gasteiger partial charge in [-0.1, -0.05) is 20.3 Å². The van der Waals surface area contributed by atoms with E-state index in [4.69, 9.17) is 0 Å². The molecule has 1 aliphatic heterocycles. The van der Waals surface area contributed by atoms with Crippen molar-refractivity contribution < 1.29 is 14.4 Å². The number of rotatable bonds is 6. The molecule has 1 fully saturated rings. The summed E-state index contributed by atoms with van der Waals surface area (Å²) in [4.78, 5) is 42.0. The molecular weight excluding hydrogens is 328 g/mol. The van der Waals surface area contributed by atoms with Crippen LogP contribution in [-0.4, -0.2) is 46.7 Å². The van der Waals surface area contributed by atoms with Crippen molar-refractivity contribution in [3.63, 3.8) is 0 Å². The van der Waals surface area contributed by atoms with Gasteiger partial charge in [-0.15, -0.1) is 11.3 Å². The molecule has 0 spiro atoms. The number of amides is 3. The van der Waals surface area contributed by atoms with Crippen molar-refractivity contribution in [2.45, 2.75) is 46.1 Å². The molecule has 2 rings (SSSR count). The van der Waals surface area contributed by atoms with Gasteiger partial charge in [0.05, 0.1) is 0 Å². The van der Waals surface area contributed by atoms with E-state index in [2.05, 4.69) is 15.6 Å². The molecule has 0 radical (unpaired) electrons. The van der Waals surface area contributed by atoms with Crippen molar-refractivity contribution in [1.82, 2.24) is 15.2 Å². The minimum Gasteiger partial charge on any atom is -0.326 e. The lowest BCUT2D eigenvalue weighted by atomic mass is 9.98. The number of aromatic nitrogens is 1. The van der Waals surface area contributed by atoms with Crippen LogP contribution in [0.2, 0.25) is 0 Å². The number of nitrogens with zero attached hydrogens (tertiary/aromatic N) is 2. The summed E-state index contributed by atoms with van der Waals surface area (Å²) in [5.41, 5.74) is 0.330. The molecule has 0 aliphatic carbocycles. The summed E-state index contributed by atoms with van der Waals surface area (Å²) in [5, 5.41) is 7.54. The first-order chi connectivity index (χ1) is 11.4. The fourth-order valence-electron chi connectivity index (χ4n) is 2.52. The number of nitrogens with one attached hydrogen (secondary N) is 2. The van der Waals surface area contributed by atoms with Crippen LogP contribution in [0.1, 0.15) is 50.5 Å². The van der Waals surface area contributed by atoms with Gasteiger partial charge in [-0.3, -0.25) is 9.59 Å². The van der Waals surface area contributed by atoms with Crippen LogP contribution in [0.5, 0.6) is 0 Å². The second-order valence-corrected chi connectivity index (χ2v) is 6.95. The van der Waals surface area contributed by atoms with Gasteiger partial charge in [0.25, 0.3) is 0 Å². The number of carbonyl (C=O) groups excluding carboxylic acids is 3. The lowest BCUT2D eigenvalue weighted by Gasteiger charge is -2.26. The highest BCUT2D eigenvalue weighted by molar-refractivity contribution is 7.14. The second kappa shape index (κ2) is 8.23. The Balaban J connectivity index is 2.03. The molecule has 24 heavy (non-hydrogen) atoms. The molecule has 3 amide bonds. The Hall–Kier alpha value is -1.96. The summed E-state index contributed by atoms with van der Waals surface area (Å²) >= 11 is 1.20. The van der Waals surface area contributed by atoms with Crippen molar-refractivity contribution in [3.8, 4) is 0 Å². The normalized spacial score (nSPS) is 16.5.